The van der Waals surface area contributed by atoms with Gasteiger partial charge in [0.15, 0.2) is 16.1 Å². The maximum atomic E-state index is 12.1. The normalized spacial score (nSPS) is 17.5. The van der Waals surface area contributed by atoms with Crippen LogP contribution in [-0.2, 0) is 25.1 Å². The summed E-state index contributed by atoms with van der Waals surface area (Å²) in [6.07, 6.45) is 0.932. The summed E-state index contributed by atoms with van der Waals surface area (Å²) in [7, 11) is -3.12. The van der Waals surface area contributed by atoms with Crippen molar-refractivity contribution in [2.24, 2.45) is 0 Å². The molecule has 0 saturated carbocycles. The molecule has 1 aliphatic rings. The van der Waals surface area contributed by atoms with Gasteiger partial charge >= 0.3 is 0 Å². The third kappa shape index (κ3) is 4.60. The molecule has 0 spiro atoms. The van der Waals surface area contributed by atoms with Gasteiger partial charge in [0.05, 0.1) is 24.7 Å². The van der Waals surface area contributed by atoms with Crippen LogP contribution in [0.3, 0.4) is 0 Å². The molecule has 0 N–H and O–H groups in total. The molecule has 19 heavy (non-hydrogen) atoms. The minimum atomic E-state index is -3.12. The fourth-order valence-corrected chi connectivity index (χ4v) is 3.55. The van der Waals surface area contributed by atoms with Gasteiger partial charge in [-0.3, -0.25) is 0 Å². The Morgan fingerprint density at radius 1 is 1.21 bits per heavy atom. The first kappa shape index (κ1) is 14.5. The maximum Gasteiger partial charge on any atom is 0.158 e. The molecule has 0 bridgehead atoms. The second kappa shape index (κ2) is 6.50. The summed E-state index contributed by atoms with van der Waals surface area (Å²) in [5.41, 5.74) is 1.88. The van der Waals surface area contributed by atoms with E-state index in [0.29, 0.717) is 19.6 Å². The number of aryl methyl sites for hydroxylation is 1. The zero-order valence-corrected chi connectivity index (χ0v) is 12.0. The Morgan fingerprint density at radius 3 is 2.58 bits per heavy atom. The minimum absolute atomic E-state index is 0.0897. The van der Waals surface area contributed by atoms with Gasteiger partial charge in [-0.1, -0.05) is 24.3 Å². The number of ether oxygens (including phenoxy) is 2. The van der Waals surface area contributed by atoms with E-state index < -0.39 is 9.84 Å². The van der Waals surface area contributed by atoms with E-state index in [2.05, 4.69) is 0 Å². The molecular formula is C14H20O4S. The predicted octanol–water partition coefficient (Wildman–Crippen LogP) is 2.06. The molecule has 106 valence electrons. The summed E-state index contributed by atoms with van der Waals surface area (Å²) < 4.78 is 34.9. The van der Waals surface area contributed by atoms with Gasteiger partial charge in [0.1, 0.15) is 0 Å². The Morgan fingerprint density at radius 2 is 1.89 bits per heavy atom. The van der Waals surface area contributed by atoms with Crippen molar-refractivity contribution in [3.63, 3.8) is 0 Å². The summed E-state index contributed by atoms with van der Waals surface area (Å²) in [6, 6.07) is 7.57. The first-order valence-corrected chi connectivity index (χ1v) is 8.37. The van der Waals surface area contributed by atoms with Gasteiger partial charge in [-0.15, -0.1) is 0 Å². The number of rotatable bonds is 5. The van der Waals surface area contributed by atoms with Gasteiger partial charge < -0.3 is 9.47 Å². The molecule has 1 saturated heterocycles. The van der Waals surface area contributed by atoms with Crippen LogP contribution in [0.2, 0.25) is 0 Å². The van der Waals surface area contributed by atoms with Crippen molar-refractivity contribution in [3.8, 4) is 0 Å². The number of hydrogen-bond donors (Lipinski definition) is 0. The molecule has 4 nitrogen and oxygen atoms in total. The quantitative estimate of drug-likeness (QED) is 0.830. The fourth-order valence-electron chi connectivity index (χ4n) is 2.06. The van der Waals surface area contributed by atoms with Gasteiger partial charge in [-0.05, 0) is 24.5 Å². The maximum absolute atomic E-state index is 12.1. The van der Waals surface area contributed by atoms with E-state index in [1.54, 1.807) is 0 Å². The highest BCUT2D eigenvalue weighted by molar-refractivity contribution is 7.90. The van der Waals surface area contributed by atoms with Gasteiger partial charge in [0.2, 0.25) is 0 Å². The van der Waals surface area contributed by atoms with Crippen molar-refractivity contribution in [2.75, 3.05) is 19.0 Å². The molecule has 1 aromatic carbocycles. The second-order valence-electron chi connectivity index (χ2n) is 4.83. The molecule has 0 atom stereocenters. The van der Waals surface area contributed by atoms with Crippen LogP contribution in [-0.4, -0.2) is 33.7 Å². The highest BCUT2D eigenvalue weighted by atomic mass is 32.2. The molecule has 0 aromatic heterocycles. The van der Waals surface area contributed by atoms with E-state index in [-0.39, 0.29) is 17.8 Å². The lowest BCUT2D eigenvalue weighted by Gasteiger charge is -2.23. The largest absolute Gasteiger partial charge is 0.353 e. The molecule has 5 heteroatoms. The molecule has 1 fully saturated rings. The van der Waals surface area contributed by atoms with Crippen LogP contribution in [0.1, 0.15) is 24.0 Å². The van der Waals surface area contributed by atoms with Crippen LogP contribution >= 0.6 is 0 Å². The van der Waals surface area contributed by atoms with Gasteiger partial charge in [-0.2, -0.15) is 0 Å². The van der Waals surface area contributed by atoms with Crippen LogP contribution in [0.4, 0.5) is 0 Å². The second-order valence-corrected chi connectivity index (χ2v) is 7.02. The molecule has 2 rings (SSSR count). The van der Waals surface area contributed by atoms with Crippen LogP contribution in [0, 0.1) is 6.92 Å². The van der Waals surface area contributed by atoms with E-state index in [4.69, 9.17) is 9.47 Å². The Bertz CT molecular complexity index is 504. The summed E-state index contributed by atoms with van der Waals surface area (Å²) in [4.78, 5) is 0. The van der Waals surface area contributed by atoms with E-state index in [9.17, 15) is 8.42 Å². The van der Waals surface area contributed by atoms with Gasteiger partial charge in [0, 0.05) is 6.42 Å². The molecule has 0 amide bonds. The summed E-state index contributed by atoms with van der Waals surface area (Å²) in [6.45, 7) is 3.24. The minimum Gasteiger partial charge on any atom is -0.353 e. The smallest absolute Gasteiger partial charge is 0.158 e. The van der Waals surface area contributed by atoms with Crippen molar-refractivity contribution in [1.29, 1.82) is 0 Å². The summed E-state index contributed by atoms with van der Waals surface area (Å²) in [5, 5.41) is 0. The first-order chi connectivity index (χ1) is 9.07. The molecule has 1 aromatic rings. The number of hydrogen-bond acceptors (Lipinski definition) is 4. The molecule has 1 heterocycles. The van der Waals surface area contributed by atoms with E-state index in [1.807, 2.05) is 31.2 Å². The fraction of sp³-hybridized carbons (Fsp3) is 0.571. The molecular weight excluding hydrogens is 264 g/mol. The van der Waals surface area contributed by atoms with Crippen LogP contribution < -0.4 is 0 Å². The van der Waals surface area contributed by atoms with Crippen LogP contribution in [0.15, 0.2) is 24.3 Å². The average Bonchev–Trinajstić information content (AvgIpc) is 2.40. The summed E-state index contributed by atoms with van der Waals surface area (Å²) in [5.74, 6) is 0.193. The zero-order chi connectivity index (χ0) is 13.7. The lowest BCUT2D eigenvalue weighted by Crippen LogP contribution is -2.27. The monoisotopic (exact) mass is 284 g/mol. The molecule has 1 aliphatic heterocycles. The average molecular weight is 284 g/mol. The van der Waals surface area contributed by atoms with Crippen molar-refractivity contribution in [2.45, 2.75) is 31.8 Å². The van der Waals surface area contributed by atoms with Crippen molar-refractivity contribution in [3.05, 3.63) is 35.4 Å². The Balaban J connectivity index is 1.90. The molecule has 0 aliphatic carbocycles. The van der Waals surface area contributed by atoms with Gasteiger partial charge in [-0.25, -0.2) is 8.42 Å². The summed E-state index contributed by atoms with van der Waals surface area (Å²) >= 11 is 0. The molecule has 0 unspecified atom stereocenters. The third-order valence-electron chi connectivity index (χ3n) is 3.20. The Labute approximate surface area is 114 Å². The Hall–Kier alpha value is -0.910. The predicted molar refractivity (Wildman–Crippen MR) is 73.6 cm³/mol. The topological polar surface area (TPSA) is 52.6 Å². The standard InChI is InChI=1S/C14H20O4S/c1-12-5-2-3-6-13(12)11-19(15,16)10-7-14-17-8-4-9-18-14/h2-3,5-6,14H,4,7-11H2,1H3. The van der Waals surface area contributed by atoms with Crippen molar-refractivity contribution >= 4 is 9.84 Å². The van der Waals surface area contributed by atoms with E-state index >= 15 is 0 Å². The van der Waals surface area contributed by atoms with Crippen LogP contribution in [0.5, 0.6) is 0 Å². The first-order valence-electron chi connectivity index (χ1n) is 6.55. The van der Waals surface area contributed by atoms with Crippen LogP contribution in [0.25, 0.3) is 0 Å². The van der Waals surface area contributed by atoms with Gasteiger partial charge in [0.25, 0.3) is 0 Å². The SMILES string of the molecule is Cc1ccccc1CS(=O)(=O)CCC1OCCCO1. The highest BCUT2D eigenvalue weighted by Crippen LogP contribution is 2.15. The van der Waals surface area contributed by atoms with Crippen molar-refractivity contribution < 1.29 is 17.9 Å². The molecule has 0 radical (unpaired) electrons. The lowest BCUT2D eigenvalue weighted by molar-refractivity contribution is -0.178. The van der Waals surface area contributed by atoms with Crippen molar-refractivity contribution in [1.82, 2.24) is 0 Å². The highest BCUT2D eigenvalue weighted by Gasteiger charge is 2.19. The Kier molecular flexibility index (Phi) is 4.96. The van der Waals surface area contributed by atoms with E-state index in [0.717, 1.165) is 17.5 Å². The number of benzene rings is 1. The zero-order valence-electron chi connectivity index (χ0n) is 11.2. The lowest BCUT2D eigenvalue weighted by atomic mass is 10.1. The third-order valence-corrected chi connectivity index (χ3v) is 4.81. The number of sulfone groups is 1. The van der Waals surface area contributed by atoms with E-state index in [1.165, 1.54) is 0 Å².